The summed E-state index contributed by atoms with van der Waals surface area (Å²) in [6.45, 7) is 3.88. The van der Waals surface area contributed by atoms with E-state index in [1.165, 1.54) is 22.3 Å². The molecule has 0 saturated heterocycles. The first-order chi connectivity index (χ1) is 10.6. The third-order valence-electron chi connectivity index (χ3n) is 4.14. The van der Waals surface area contributed by atoms with Crippen LogP contribution in [0.15, 0.2) is 48.5 Å². The number of aliphatic hydroxyl groups excluding tert-OH is 1. The molecule has 0 aliphatic rings. The van der Waals surface area contributed by atoms with Crippen LogP contribution in [0.5, 0.6) is 0 Å². The Bertz CT molecular complexity index is 565. The minimum absolute atomic E-state index is 0.308. The van der Waals surface area contributed by atoms with Gasteiger partial charge >= 0.3 is 8.56 Å². The zero-order chi connectivity index (χ0) is 16.0. The summed E-state index contributed by atoms with van der Waals surface area (Å²) in [6, 6.07) is 18.0. The molecular weight excluding hydrogens is 292 g/mol. The van der Waals surface area contributed by atoms with Gasteiger partial charge in [0, 0.05) is 19.2 Å². The van der Waals surface area contributed by atoms with E-state index < -0.39 is 8.56 Å². The number of rotatable bonds is 7. The molecule has 0 heterocycles. The number of hydrogen-bond donors (Lipinski definition) is 1. The normalized spacial score (nSPS) is 11.6. The average molecular weight is 316 g/mol. The number of aliphatic hydroxyl groups is 1. The van der Waals surface area contributed by atoms with Crippen molar-refractivity contribution < 1.29 is 14.0 Å². The summed E-state index contributed by atoms with van der Waals surface area (Å²) >= 11 is 0. The highest BCUT2D eigenvalue weighted by molar-refractivity contribution is 6.66. The van der Waals surface area contributed by atoms with Crippen LogP contribution in [-0.2, 0) is 20.9 Å². The molecule has 0 amide bonds. The van der Waals surface area contributed by atoms with E-state index in [4.69, 9.17) is 8.85 Å². The van der Waals surface area contributed by atoms with Gasteiger partial charge < -0.3 is 14.0 Å². The van der Waals surface area contributed by atoms with E-state index in [0.29, 0.717) is 0 Å². The zero-order valence-corrected chi connectivity index (χ0v) is 14.5. The van der Waals surface area contributed by atoms with Gasteiger partial charge in [-0.2, -0.15) is 0 Å². The van der Waals surface area contributed by atoms with Crippen LogP contribution in [-0.4, -0.2) is 27.6 Å². The van der Waals surface area contributed by atoms with Crippen LogP contribution in [0, 0.1) is 13.8 Å². The minimum atomic E-state index is -2.56. The van der Waals surface area contributed by atoms with Crippen LogP contribution in [0.4, 0.5) is 0 Å². The lowest BCUT2D eigenvalue weighted by molar-refractivity contribution is 0.0579. The van der Waals surface area contributed by atoms with Crippen molar-refractivity contribution in [2.24, 2.45) is 0 Å². The Morgan fingerprint density at radius 3 is 1.68 bits per heavy atom. The molecule has 0 aliphatic carbocycles. The van der Waals surface area contributed by atoms with Crippen molar-refractivity contribution in [3.8, 4) is 0 Å². The molecule has 3 nitrogen and oxygen atoms in total. The zero-order valence-electron chi connectivity index (χ0n) is 13.5. The number of benzene rings is 2. The first kappa shape index (κ1) is 16.9. The van der Waals surface area contributed by atoms with Crippen molar-refractivity contribution in [3.63, 3.8) is 0 Å². The van der Waals surface area contributed by atoms with Crippen LogP contribution < -0.4 is 0 Å². The van der Waals surface area contributed by atoms with E-state index in [1.807, 2.05) is 24.3 Å². The van der Waals surface area contributed by atoms with Crippen LogP contribution in [0.2, 0.25) is 0 Å². The van der Waals surface area contributed by atoms with E-state index in [-0.39, 0.29) is 6.79 Å². The Balaban J connectivity index is 2.31. The SMILES string of the molecule is CO[Si](Cc1ccccc1C)(Cc1ccccc1C)OCO. The fourth-order valence-corrected chi connectivity index (χ4v) is 5.61. The molecule has 0 atom stereocenters. The predicted octanol–water partition coefficient (Wildman–Crippen LogP) is 3.22. The Morgan fingerprint density at radius 1 is 0.864 bits per heavy atom. The van der Waals surface area contributed by atoms with E-state index in [9.17, 15) is 5.11 Å². The van der Waals surface area contributed by atoms with Crippen LogP contribution >= 0.6 is 0 Å². The van der Waals surface area contributed by atoms with Crippen molar-refractivity contribution in [1.82, 2.24) is 0 Å². The molecule has 0 radical (unpaired) electrons. The molecule has 2 aromatic rings. The van der Waals surface area contributed by atoms with Crippen molar-refractivity contribution in [2.75, 3.05) is 13.9 Å². The maximum atomic E-state index is 9.36. The van der Waals surface area contributed by atoms with E-state index >= 15 is 0 Å². The topological polar surface area (TPSA) is 38.7 Å². The van der Waals surface area contributed by atoms with Crippen LogP contribution in [0.1, 0.15) is 22.3 Å². The molecule has 22 heavy (non-hydrogen) atoms. The molecule has 0 aliphatic heterocycles. The van der Waals surface area contributed by atoms with Gasteiger partial charge in [-0.05, 0) is 36.1 Å². The van der Waals surface area contributed by atoms with Crippen molar-refractivity contribution in [2.45, 2.75) is 25.9 Å². The molecular formula is C18H24O3Si. The third kappa shape index (κ3) is 4.05. The van der Waals surface area contributed by atoms with Gasteiger partial charge in [0.05, 0.1) is 0 Å². The molecule has 0 saturated carbocycles. The Morgan fingerprint density at radius 2 is 1.32 bits per heavy atom. The second-order valence-corrected chi connectivity index (χ2v) is 8.82. The Kier molecular flexibility index (Phi) is 5.91. The summed E-state index contributed by atoms with van der Waals surface area (Å²) in [7, 11) is -0.871. The number of hydrogen-bond acceptors (Lipinski definition) is 3. The van der Waals surface area contributed by atoms with E-state index in [0.717, 1.165) is 12.1 Å². The second-order valence-electron chi connectivity index (χ2n) is 5.59. The maximum absolute atomic E-state index is 9.36. The first-order valence-corrected chi connectivity index (χ1v) is 9.72. The van der Waals surface area contributed by atoms with Crippen LogP contribution in [0.3, 0.4) is 0 Å². The minimum Gasteiger partial charge on any atom is -0.397 e. The Labute approximate surface area is 133 Å². The lowest BCUT2D eigenvalue weighted by Crippen LogP contribution is -2.47. The molecule has 4 heteroatoms. The predicted molar refractivity (Wildman–Crippen MR) is 90.7 cm³/mol. The van der Waals surface area contributed by atoms with Gasteiger partial charge in [-0.1, -0.05) is 48.5 Å². The summed E-state index contributed by atoms with van der Waals surface area (Å²) in [5, 5.41) is 9.36. The maximum Gasteiger partial charge on any atom is 0.348 e. The quantitative estimate of drug-likeness (QED) is 0.629. The molecule has 0 spiro atoms. The van der Waals surface area contributed by atoms with Gasteiger partial charge in [-0.3, -0.25) is 0 Å². The molecule has 118 valence electrons. The summed E-state index contributed by atoms with van der Waals surface area (Å²) in [5.74, 6) is 0. The molecule has 0 bridgehead atoms. The fraction of sp³-hybridized carbons (Fsp3) is 0.333. The lowest BCUT2D eigenvalue weighted by Gasteiger charge is -2.29. The molecule has 0 fully saturated rings. The summed E-state index contributed by atoms with van der Waals surface area (Å²) < 4.78 is 11.6. The van der Waals surface area contributed by atoms with Gasteiger partial charge in [-0.15, -0.1) is 0 Å². The van der Waals surface area contributed by atoms with Crippen molar-refractivity contribution in [1.29, 1.82) is 0 Å². The van der Waals surface area contributed by atoms with Crippen molar-refractivity contribution >= 4 is 8.56 Å². The van der Waals surface area contributed by atoms with Gasteiger partial charge in [0.25, 0.3) is 0 Å². The van der Waals surface area contributed by atoms with Gasteiger partial charge in [0.1, 0.15) is 6.79 Å². The number of aryl methyl sites for hydroxylation is 2. The summed E-state index contributed by atoms with van der Waals surface area (Å²) in [6.07, 6.45) is 0. The Hall–Kier alpha value is -1.46. The van der Waals surface area contributed by atoms with Crippen molar-refractivity contribution in [3.05, 3.63) is 70.8 Å². The fourth-order valence-electron chi connectivity index (χ4n) is 2.68. The highest BCUT2D eigenvalue weighted by Gasteiger charge is 2.38. The molecule has 1 N–H and O–H groups in total. The molecule has 2 aromatic carbocycles. The monoisotopic (exact) mass is 316 g/mol. The van der Waals surface area contributed by atoms with E-state index in [2.05, 4.69) is 38.1 Å². The average Bonchev–Trinajstić information content (AvgIpc) is 2.52. The standard InChI is InChI=1S/C18H24O3Si/c1-15-8-4-6-10-17(15)12-22(20-3,21-14-19)13-18-11-7-5-9-16(18)2/h4-11,19H,12-14H2,1-3H3. The van der Waals surface area contributed by atoms with Crippen LogP contribution in [0.25, 0.3) is 0 Å². The third-order valence-corrected chi connectivity index (χ3v) is 7.38. The lowest BCUT2D eigenvalue weighted by atomic mass is 10.1. The smallest absolute Gasteiger partial charge is 0.348 e. The largest absolute Gasteiger partial charge is 0.397 e. The summed E-state index contributed by atoms with van der Waals surface area (Å²) in [4.78, 5) is 0. The molecule has 2 rings (SSSR count). The molecule has 0 aromatic heterocycles. The molecule has 0 unspecified atom stereocenters. The highest BCUT2D eigenvalue weighted by atomic mass is 28.4. The van der Waals surface area contributed by atoms with E-state index in [1.54, 1.807) is 7.11 Å². The summed E-state index contributed by atoms with van der Waals surface area (Å²) in [5.41, 5.74) is 4.89. The van der Waals surface area contributed by atoms with Gasteiger partial charge in [0.2, 0.25) is 0 Å². The first-order valence-electron chi connectivity index (χ1n) is 7.49. The van der Waals surface area contributed by atoms with Gasteiger partial charge in [-0.25, -0.2) is 0 Å². The van der Waals surface area contributed by atoms with Gasteiger partial charge in [0.15, 0.2) is 0 Å². The highest BCUT2D eigenvalue weighted by Crippen LogP contribution is 2.23. The second kappa shape index (κ2) is 7.69.